The van der Waals surface area contributed by atoms with E-state index in [4.69, 9.17) is 14.2 Å². The first kappa shape index (κ1) is 36.6. The number of phenolic OH excluding ortho intramolecular Hbond substituents is 6. The maximum absolute atomic E-state index is 10.4. The van der Waals surface area contributed by atoms with Crippen molar-refractivity contribution in [3.8, 4) is 51.7 Å². The van der Waals surface area contributed by atoms with Gasteiger partial charge in [0.2, 0.25) is 0 Å². The van der Waals surface area contributed by atoms with Crippen molar-refractivity contribution in [2.45, 2.75) is 24.4 Å². The Labute approximate surface area is 317 Å². The molecule has 10 nitrogen and oxygen atoms in total. The zero-order valence-electron chi connectivity index (χ0n) is 29.6. The number of hydrogen-bond donors (Lipinski definition) is 7. The zero-order valence-corrected chi connectivity index (χ0v) is 29.6. The number of fused-ring (bicyclic) bond motifs is 3. The predicted molar refractivity (Wildman–Crippen MR) is 207 cm³/mol. The molecule has 6 aromatic carbocycles. The van der Waals surface area contributed by atoms with E-state index in [-0.39, 0.29) is 40.4 Å². The van der Waals surface area contributed by atoms with E-state index >= 15 is 0 Å². The fourth-order valence-corrected chi connectivity index (χ4v) is 6.70. The average molecular weight is 741 g/mol. The maximum atomic E-state index is 10.4. The van der Waals surface area contributed by atoms with Crippen LogP contribution >= 0.6 is 0 Å². The second-order valence-electron chi connectivity index (χ2n) is 13.5. The predicted octanol–water partition coefficient (Wildman–Crippen LogP) is 8.15. The third-order valence-electron chi connectivity index (χ3n) is 9.71. The lowest BCUT2D eigenvalue weighted by atomic mass is 9.87. The third kappa shape index (κ3) is 8.72. The molecule has 0 saturated heterocycles. The molecule has 3 atom stereocenters. The van der Waals surface area contributed by atoms with Gasteiger partial charge in [0.15, 0.2) is 0 Å². The summed E-state index contributed by atoms with van der Waals surface area (Å²) >= 11 is 0. The molecule has 6 aromatic rings. The lowest BCUT2D eigenvalue weighted by molar-refractivity contribution is 0.0887. The van der Waals surface area contributed by atoms with E-state index in [0.29, 0.717) is 42.8 Å². The summed E-state index contributed by atoms with van der Waals surface area (Å²) in [7, 11) is 0. The van der Waals surface area contributed by atoms with Crippen LogP contribution < -0.4 is 14.2 Å². The van der Waals surface area contributed by atoms with Crippen LogP contribution in [0.15, 0.2) is 127 Å². The second kappa shape index (κ2) is 16.1. The molecule has 0 aromatic heterocycles. The van der Waals surface area contributed by atoms with Crippen molar-refractivity contribution in [1.82, 2.24) is 0 Å². The SMILES string of the molecule is Oc1ccc(C2=Cc3ccc(O)cc3OC2)cc1.Oc1ccc(C2COc3cc(O)ccc3C2)cc1.Oc1ccc(C2COc3cc(O)ccc3C2O)cc1. The standard InChI is InChI=1S/C15H14O4.C15H14O3.C15H12O3/c16-10-3-1-9(2-4-10)13-8-19-14-7-11(17)5-6-12(14)15(13)18;2*16-13-4-1-10(2-5-13)12-7-11-3-6-14(17)8-15(11)18-9-12/h1-7,13,15-18H,8H2;1-6,8,12,16-17H,7,9H2;1-8,16-17H,9H2. The highest BCUT2D eigenvalue weighted by molar-refractivity contribution is 5.85. The van der Waals surface area contributed by atoms with Crippen molar-refractivity contribution in [2.24, 2.45) is 0 Å². The highest BCUT2D eigenvalue weighted by atomic mass is 16.5. The molecule has 280 valence electrons. The fraction of sp³-hybridized carbons (Fsp3) is 0.156. The molecule has 7 N–H and O–H groups in total. The van der Waals surface area contributed by atoms with Crippen LogP contribution in [0.5, 0.6) is 51.7 Å². The van der Waals surface area contributed by atoms with Crippen LogP contribution in [0.2, 0.25) is 0 Å². The normalized spacial score (nSPS) is 17.7. The molecule has 3 aliphatic rings. The Hall–Kier alpha value is -6.78. The highest BCUT2D eigenvalue weighted by Crippen LogP contribution is 2.42. The lowest BCUT2D eigenvalue weighted by Crippen LogP contribution is -2.24. The largest absolute Gasteiger partial charge is 0.508 e. The van der Waals surface area contributed by atoms with Crippen LogP contribution in [0.4, 0.5) is 0 Å². The van der Waals surface area contributed by atoms with E-state index < -0.39 is 6.10 Å². The number of rotatable bonds is 3. The van der Waals surface area contributed by atoms with E-state index in [1.165, 1.54) is 12.1 Å². The monoisotopic (exact) mass is 740 g/mol. The van der Waals surface area contributed by atoms with E-state index in [1.54, 1.807) is 78.9 Å². The average Bonchev–Trinajstić information content (AvgIpc) is 3.19. The lowest BCUT2D eigenvalue weighted by Gasteiger charge is -2.30. The zero-order chi connectivity index (χ0) is 38.5. The Kier molecular flexibility index (Phi) is 10.7. The van der Waals surface area contributed by atoms with Gasteiger partial charge in [0, 0.05) is 41.2 Å². The van der Waals surface area contributed by atoms with Gasteiger partial charge in [-0.1, -0.05) is 42.5 Å². The molecular weight excluding hydrogens is 700 g/mol. The number of ether oxygens (including phenoxy) is 3. The van der Waals surface area contributed by atoms with E-state index in [1.807, 2.05) is 42.5 Å². The van der Waals surface area contributed by atoms with Gasteiger partial charge in [0.05, 0.1) is 19.3 Å². The smallest absolute Gasteiger partial charge is 0.130 e. The van der Waals surface area contributed by atoms with Gasteiger partial charge in [-0.15, -0.1) is 0 Å². The molecule has 0 fully saturated rings. The van der Waals surface area contributed by atoms with Crippen molar-refractivity contribution >= 4 is 11.6 Å². The van der Waals surface area contributed by atoms with Crippen molar-refractivity contribution in [1.29, 1.82) is 0 Å². The molecule has 10 heteroatoms. The van der Waals surface area contributed by atoms with Gasteiger partial charge in [0.25, 0.3) is 0 Å². The number of benzene rings is 6. The van der Waals surface area contributed by atoms with Gasteiger partial charge < -0.3 is 50.0 Å². The quantitative estimate of drug-likeness (QED) is 0.0940. The Morgan fingerprint density at radius 2 is 1.00 bits per heavy atom. The molecule has 0 radical (unpaired) electrons. The van der Waals surface area contributed by atoms with Crippen LogP contribution in [0.1, 0.15) is 51.3 Å². The van der Waals surface area contributed by atoms with Crippen LogP contribution in [0.3, 0.4) is 0 Å². The minimum absolute atomic E-state index is 0.119. The number of aliphatic hydroxyl groups excluding tert-OH is 1. The van der Waals surface area contributed by atoms with E-state index in [2.05, 4.69) is 0 Å². The molecular formula is C45H40O10. The first-order chi connectivity index (χ1) is 26.6. The molecule has 0 bridgehead atoms. The maximum Gasteiger partial charge on any atom is 0.130 e. The van der Waals surface area contributed by atoms with Crippen molar-refractivity contribution in [3.63, 3.8) is 0 Å². The van der Waals surface area contributed by atoms with Crippen LogP contribution in [-0.2, 0) is 6.42 Å². The Bertz CT molecular complexity index is 2280. The number of aliphatic hydroxyl groups is 1. The summed E-state index contributed by atoms with van der Waals surface area (Å²) in [4.78, 5) is 0. The van der Waals surface area contributed by atoms with Crippen molar-refractivity contribution in [2.75, 3.05) is 19.8 Å². The molecule has 0 saturated carbocycles. The fourth-order valence-electron chi connectivity index (χ4n) is 6.70. The second-order valence-corrected chi connectivity index (χ2v) is 13.5. The van der Waals surface area contributed by atoms with Crippen LogP contribution in [0.25, 0.3) is 11.6 Å². The molecule has 9 rings (SSSR count). The van der Waals surface area contributed by atoms with E-state index in [9.17, 15) is 35.7 Å². The molecule has 3 aliphatic heterocycles. The molecule has 3 unspecified atom stereocenters. The Morgan fingerprint density at radius 1 is 0.473 bits per heavy atom. The van der Waals surface area contributed by atoms with Gasteiger partial charge >= 0.3 is 0 Å². The van der Waals surface area contributed by atoms with Gasteiger partial charge in [-0.05, 0) is 107 Å². The number of hydrogen-bond acceptors (Lipinski definition) is 10. The van der Waals surface area contributed by atoms with Crippen molar-refractivity contribution in [3.05, 3.63) is 161 Å². The third-order valence-corrected chi connectivity index (χ3v) is 9.71. The van der Waals surface area contributed by atoms with Gasteiger partial charge in [0.1, 0.15) is 58.4 Å². The minimum Gasteiger partial charge on any atom is -0.508 e. The van der Waals surface area contributed by atoms with Gasteiger partial charge in [-0.2, -0.15) is 0 Å². The summed E-state index contributed by atoms with van der Waals surface area (Å²) in [5, 5.41) is 66.4. The van der Waals surface area contributed by atoms with Crippen LogP contribution in [0, 0.1) is 0 Å². The topological polar surface area (TPSA) is 169 Å². The van der Waals surface area contributed by atoms with Gasteiger partial charge in [-0.3, -0.25) is 0 Å². The number of aromatic hydroxyl groups is 6. The Morgan fingerprint density at radius 3 is 1.67 bits per heavy atom. The summed E-state index contributed by atoms with van der Waals surface area (Å²) in [5.41, 5.74) is 6.86. The summed E-state index contributed by atoms with van der Waals surface area (Å²) in [6.45, 7) is 1.39. The van der Waals surface area contributed by atoms with E-state index in [0.717, 1.165) is 45.6 Å². The molecule has 55 heavy (non-hydrogen) atoms. The molecule has 3 heterocycles. The summed E-state index contributed by atoms with van der Waals surface area (Å²) < 4.78 is 16.9. The summed E-state index contributed by atoms with van der Waals surface area (Å²) in [5.74, 6) is 3.37. The van der Waals surface area contributed by atoms with Crippen molar-refractivity contribution < 1.29 is 50.0 Å². The van der Waals surface area contributed by atoms with Gasteiger partial charge in [-0.25, -0.2) is 0 Å². The summed E-state index contributed by atoms with van der Waals surface area (Å²) in [6.07, 6.45) is 2.24. The Balaban J connectivity index is 0.000000127. The summed E-state index contributed by atoms with van der Waals surface area (Å²) in [6, 6.07) is 36.0. The highest BCUT2D eigenvalue weighted by Gasteiger charge is 2.31. The van der Waals surface area contributed by atoms with Crippen LogP contribution in [-0.4, -0.2) is 55.6 Å². The number of phenols is 6. The molecule has 0 amide bonds. The minimum atomic E-state index is -0.686. The molecule has 0 spiro atoms. The molecule has 0 aliphatic carbocycles. The first-order valence-corrected chi connectivity index (χ1v) is 17.7. The first-order valence-electron chi connectivity index (χ1n) is 17.7.